The van der Waals surface area contributed by atoms with Crippen molar-refractivity contribution in [3.63, 3.8) is 0 Å². The third-order valence-corrected chi connectivity index (χ3v) is 5.95. The van der Waals surface area contributed by atoms with Gasteiger partial charge >= 0.3 is 11.9 Å². The van der Waals surface area contributed by atoms with Crippen molar-refractivity contribution in [3.8, 4) is 0 Å². The molecule has 1 unspecified atom stereocenters. The Balaban J connectivity index is 1.68. The lowest BCUT2D eigenvalue weighted by molar-refractivity contribution is -0.197. The number of carbonyl (C=O) groups is 9. The van der Waals surface area contributed by atoms with E-state index >= 15 is 0 Å². The fourth-order valence-electron chi connectivity index (χ4n) is 3.74. The second-order valence-corrected chi connectivity index (χ2v) is 9.35. The average molecular weight is 582 g/mol. The molecule has 0 aromatic rings. The van der Waals surface area contributed by atoms with Crippen LogP contribution in [-0.4, -0.2) is 82.5 Å². The quantitative estimate of drug-likeness (QED) is 0.141. The lowest BCUT2D eigenvalue weighted by Gasteiger charge is -2.18. The van der Waals surface area contributed by atoms with Crippen LogP contribution in [0.2, 0.25) is 0 Å². The van der Waals surface area contributed by atoms with Gasteiger partial charge in [-0.2, -0.15) is 0 Å². The second-order valence-electron chi connectivity index (χ2n) is 9.35. The molecule has 0 bridgehead atoms. The van der Waals surface area contributed by atoms with Crippen LogP contribution < -0.4 is 16.0 Å². The molecule has 1 atom stereocenters. The van der Waals surface area contributed by atoms with Crippen LogP contribution in [-0.2, 0) is 52.8 Å². The lowest BCUT2D eigenvalue weighted by Crippen LogP contribution is -2.47. The Morgan fingerprint density at radius 3 is 1.66 bits per heavy atom. The number of carbonyl (C=O) groups excluding carboxylic acids is 9. The van der Waals surface area contributed by atoms with Crippen LogP contribution in [0.1, 0.15) is 84.0 Å². The van der Waals surface area contributed by atoms with Crippen molar-refractivity contribution < 1.29 is 52.8 Å². The topological polar surface area (TPSA) is 215 Å². The maximum atomic E-state index is 12.5. The highest BCUT2D eigenvalue weighted by molar-refractivity contribution is 6.02. The number of hydrogen-bond acceptors (Lipinski definition) is 11. The van der Waals surface area contributed by atoms with Crippen molar-refractivity contribution >= 4 is 53.3 Å². The average Bonchev–Trinajstić information content (AvgIpc) is 3.43. The smallest absolute Gasteiger partial charge is 0.333 e. The van der Waals surface area contributed by atoms with Crippen LogP contribution in [0.5, 0.6) is 0 Å². The zero-order valence-corrected chi connectivity index (χ0v) is 22.9. The minimum absolute atomic E-state index is 0.0305. The summed E-state index contributed by atoms with van der Waals surface area (Å²) < 4.78 is 0. The molecule has 2 aliphatic heterocycles. The van der Waals surface area contributed by atoms with Gasteiger partial charge in [-0.15, -0.1) is 10.1 Å². The molecule has 0 radical (unpaired) electrons. The molecule has 2 heterocycles. The van der Waals surface area contributed by atoms with Crippen molar-refractivity contribution in [1.82, 2.24) is 26.1 Å². The monoisotopic (exact) mass is 581 g/mol. The molecule has 7 amide bonds. The van der Waals surface area contributed by atoms with Crippen molar-refractivity contribution in [3.05, 3.63) is 0 Å². The third-order valence-electron chi connectivity index (χ3n) is 5.95. The number of unbranched alkanes of at least 4 members (excludes halogenated alkanes) is 1. The molecule has 0 saturated carbocycles. The summed E-state index contributed by atoms with van der Waals surface area (Å²) >= 11 is 0. The molecule has 0 spiro atoms. The SMILES string of the molecule is CCCNC(=O)C(CCCCNC(=O)CCC(=O)ON1C(=O)CCC1=O)NC(=O)CCC(=O)ON1C(=O)CCC1=O. The van der Waals surface area contributed by atoms with Gasteiger partial charge in [-0.1, -0.05) is 6.92 Å². The number of hydrogen-bond donors (Lipinski definition) is 3. The summed E-state index contributed by atoms with van der Waals surface area (Å²) in [6, 6.07) is -0.895. The van der Waals surface area contributed by atoms with Gasteiger partial charge in [-0.25, -0.2) is 9.59 Å². The van der Waals surface area contributed by atoms with Crippen LogP contribution in [0.3, 0.4) is 0 Å². The largest absolute Gasteiger partial charge is 0.356 e. The van der Waals surface area contributed by atoms with E-state index in [1.807, 2.05) is 6.92 Å². The lowest BCUT2D eigenvalue weighted by atomic mass is 10.1. The van der Waals surface area contributed by atoms with Crippen LogP contribution in [0.15, 0.2) is 0 Å². The summed E-state index contributed by atoms with van der Waals surface area (Å²) in [6.45, 7) is 2.49. The summed E-state index contributed by atoms with van der Waals surface area (Å²) in [5.41, 5.74) is 0. The molecule has 0 aromatic carbocycles. The van der Waals surface area contributed by atoms with E-state index in [9.17, 15) is 43.2 Å². The maximum absolute atomic E-state index is 12.5. The first kappa shape index (κ1) is 32.8. The van der Waals surface area contributed by atoms with Gasteiger partial charge < -0.3 is 25.6 Å². The van der Waals surface area contributed by atoms with E-state index in [4.69, 9.17) is 9.68 Å². The van der Waals surface area contributed by atoms with Crippen LogP contribution >= 0.6 is 0 Å². The van der Waals surface area contributed by atoms with E-state index in [-0.39, 0.29) is 57.9 Å². The third kappa shape index (κ3) is 11.3. The normalized spacial score (nSPS) is 15.5. The first-order chi connectivity index (χ1) is 19.5. The maximum Gasteiger partial charge on any atom is 0.333 e. The zero-order valence-electron chi connectivity index (χ0n) is 22.9. The molecule has 2 fully saturated rings. The first-order valence-corrected chi connectivity index (χ1v) is 13.5. The van der Waals surface area contributed by atoms with Gasteiger partial charge in [0.1, 0.15) is 6.04 Å². The molecule has 0 aromatic heterocycles. The molecule has 16 heteroatoms. The molecule has 16 nitrogen and oxygen atoms in total. The van der Waals surface area contributed by atoms with Crippen molar-refractivity contribution in [1.29, 1.82) is 0 Å². The minimum atomic E-state index is -0.933. The summed E-state index contributed by atoms with van der Waals surface area (Å²) in [4.78, 5) is 116. The Bertz CT molecular complexity index is 1030. The second kappa shape index (κ2) is 16.7. The zero-order chi connectivity index (χ0) is 30.4. The predicted octanol–water partition coefficient (Wildman–Crippen LogP) is -0.941. The summed E-state index contributed by atoms with van der Waals surface area (Å²) in [5.74, 6) is -5.76. The van der Waals surface area contributed by atoms with E-state index in [2.05, 4.69) is 16.0 Å². The molecule has 226 valence electrons. The highest BCUT2D eigenvalue weighted by Gasteiger charge is 2.34. The molecule has 3 N–H and O–H groups in total. The standard InChI is InChI=1S/C25H35N5O11/c1-2-14-27-25(39)16(28-18(32)7-13-24(38)41-30-21(35)10-11-22(30)36)5-3-4-15-26-17(31)6-12-23(37)40-29-19(33)8-9-20(29)34/h16H,2-15H2,1H3,(H,26,31)(H,27,39)(H,28,32). The number of nitrogens with zero attached hydrogens (tertiary/aromatic N) is 2. The Labute approximate surface area is 235 Å². The van der Waals surface area contributed by atoms with E-state index in [1.165, 1.54) is 0 Å². The van der Waals surface area contributed by atoms with Gasteiger partial charge in [0, 0.05) is 51.6 Å². The van der Waals surface area contributed by atoms with Gasteiger partial charge in [-0.3, -0.25) is 33.6 Å². The van der Waals surface area contributed by atoms with Crippen LogP contribution in [0.25, 0.3) is 0 Å². The highest BCUT2D eigenvalue weighted by Crippen LogP contribution is 2.14. The minimum Gasteiger partial charge on any atom is -0.356 e. The highest BCUT2D eigenvalue weighted by atomic mass is 16.7. The fraction of sp³-hybridized carbons (Fsp3) is 0.640. The van der Waals surface area contributed by atoms with E-state index < -0.39 is 65.8 Å². The molecule has 0 aliphatic carbocycles. The van der Waals surface area contributed by atoms with Crippen LogP contribution in [0, 0.1) is 0 Å². The number of hydroxylamine groups is 4. The number of nitrogens with one attached hydrogen (secondary N) is 3. The van der Waals surface area contributed by atoms with E-state index in [1.54, 1.807) is 0 Å². The Kier molecular flexibility index (Phi) is 13.4. The Morgan fingerprint density at radius 2 is 1.17 bits per heavy atom. The van der Waals surface area contributed by atoms with Crippen molar-refractivity contribution in [2.45, 2.75) is 90.0 Å². The van der Waals surface area contributed by atoms with Gasteiger partial charge in [0.2, 0.25) is 17.7 Å². The van der Waals surface area contributed by atoms with Crippen molar-refractivity contribution in [2.24, 2.45) is 0 Å². The number of amides is 7. The molecular formula is C25H35N5O11. The molecular weight excluding hydrogens is 546 g/mol. The van der Waals surface area contributed by atoms with Gasteiger partial charge in [-0.05, 0) is 25.7 Å². The van der Waals surface area contributed by atoms with Crippen LogP contribution in [0.4, 0.5) is 0 Å². The fourth-order valence-corrected chi connectivity index (χ4v) is 3.74. The number of imide groups is 2. The summed E-state index contributed by atoms with van der Waals surface area (Å²) in [5, 5.41) is 8.67. The van der Waals surface area contributed by atoms with E-state index in [0.717, 1.165) is 0 Å². The molecule has 2 aliphatic rings. The van der Waals surface area contributed by atoms with Crippen molar-refractivity contribution in [2.75, 3.05) is 13.1 Å². The van der Waals surface area contributed by atoms with E-state index in [0.29, 0.717) is 35.9 Å². The Morgan fingerprint density at radius 1 is 0.683 bits per heavy atom. The molecule has 41 heavy (non-hydrogen) atoms. The summed E-state index contributed by atoms with van der Waals surface area (Å²) in [6.07, 6.45) is 0.366. The number of rotatable bonds is 17. The summed E-state index contributed by atoms with van der Waals surface area (Å²) in [7, 11) is 0. The molecule has 2 saturated heterocycles. The Hall–Kier alpha value is -4.37. The van der Waals surface area contributed by atoms with Gasteiger partial charge in [0.05, 0.1) is 12.8 Å². The molecule has 2 rings (SSSR count). The van der Waals surface area contributed by atoms with Gasteiger partial charge in [0.15, 0.2) is 0 Å². The predicted molar refractivity (Wildman–Crippen MR) is 135 cm³/mol. The van der Waals surface area contributed by atoms with Gasteiger partial charge in [0.25, 0.3) is 23.6 Å². The first-order valence-electron chi connectivity index (χ1n) is 13.5.